The number of carbonyl (C=O) groups is 2. The Labute approximate surface area is 144 Å². The van der Waals surface area contributed by atoms with Gasteiger partial charge in [0.05, 0.1) is 14.2 Å². The molecule has 0 unspecified atom stereocenters. The second-order valence-electron chi connectivity index (χ2n) is 5.27. The van der Waals surface area contributed by atoms with E-state index in [0.717, 1.165) is 6.08 Å². The average Bonchev–Trinajstić information content (AvgIpc) is 2.64. The highest BCUT2D eigenvalue weighted by molar-refractivity contribution is 7.96. The smallest absolute Gasteiger partial charge is 0.214 e. The van der Waals surface area contributed by atoms with Gasteiger partial charge in [-0.3, -0.25) is 9.59 Å². The van der Waals surface area contributed by atoms with Crippen molar-refractivity contribution in [2.75, 3.05) is 14.2 Å². The fourth-order valence-corrected chi connectivity index (χ4v) is 4.14. The Morgan fingerprint density at radius 2 is 1.56 bits per heavy atom. The summed E-state index contributed by atoms with van der Waals surface area (Å²) in [6.07, 6.45) is 0.860. The third-order valence-electron chi connectivity index (χ3n) is 3.87. The normalized spacial score (nSPS) is 13.9. The van der Waals surface area contributed by atoms with Gasteiger partial charge in [0.2, 0.25) is 15.6 Å². The fraction of sp³-hybridized carbons (Fsp3) is 0.111. The number of rotatable bonds is 4. The zero-order chi connectivity index (χ0) is 18.2. The summed E-state index contributed by atoms with van der Waals surface area (Å²) in [5.74, 6) is -0.911. The number of allylic oxidation sites excluding steroid dienone is 2. The first-order valence-electron chi connectivity index (χ1n) is 7.27. The zero-order valence-corrected chi connectivity index (χ0v) is 14.3. The van der Waals surface area contributed by atoms with Crippen LogP contribution < -0.4 is 9.47 Å². The van der Waals surface area contributed by atoms with Crippen molar-refractivity contribution < 1.29 is 27.5 Å². The van der Waals surface area contributed by atoms with Crippen LogP contribution in [0.15, 0.2) is 58.3 Å². The number of hydrogen-bond acceptors (Lipinski definition) is 6. The topological polar surface area (TPSA) is 86.7 Å². The summed E-state index contributed by atoms with van der Waals surface area (Å²) in [5.41, 5.74) is 0.250. The number of hydrogen-bond donors (Lipinski definition) is 0. The first-order valence-corrected chi connectivity index (χ1v) is 8.75. The van der Waals surface area contributed by atoms with Crippen molar-refractivity contribution >= 4 is 21.4 Å². The van der Waals surface area contributed by atoms with Gasteiger partial charge in [-0.15, -0.1) is 0 Å². The van der Waals surface area contributed by atoms with E-state index < -0.39 is 26.3 Å². The summed E-state index contributed by atoms with van der Waals surface area (Å²) < 4.78 is 36.2. The lowest BCUT2D eigenvalue weighted by atomic mass is 9.95. The van der Waals surface area contributed by atoms with E-state index in [2.05, 4.69) is 0 Å². The van der Waals surface area contributed by atoms with E-state index in [4.69, 9.17) is 9.47 Å². The highest BCUT2D eigenvalue weighted by Gasteiger charge is 2.36. The number of methoxy groups -OCH3 is 2. The van der Waals surface area contributed by atoms with Gasteiger partial charge in [0.1, 0.15) is 21.3 Å². The molecule has 25 heavy (non-hydrogen) atoms. The van der Waals surface area contributed by atoms with Gasteiger partial charge < -0.3 is 9.47 Å². The Morgan fingerprint density at radius 3 is 2.20 bits per heavy atom. The molecule has 0 aliphatic heterocycles. The standard InChI is InChI=1S/C18H14O6S/c1-23-11-7-8-15(24-2)16(9-11)25(21,22)17-10-14(19)12-5-3-4-6-13(12)18(17)20/h3-10H,1-2H3. The largest absolute Gasteiger partial charge is 0.497 e. The molecule has 1 aliphatic carbocycles. The van der Waals surface area contributed by atoms with Crippen LogP contribution in [0, 0.1) is 0 Å². The molecule has 0 spiro atoms. The van der Waals surface area contributed by atoms with Crippen LogP contribution in [0.4, 0.5) is 0 Å². The molecule has 0 aromatic heterocycles. The number of benzene rings is 2. The van der Waals surface area contributed by atoms with Crippen LogP contribution in [-0.4, -0.2) is 34.2 Å². The fourth-order valence-electron chi connectivity index (χ4n) is 2.60. The Balaban J connectivity index is 2.20. The second kappa shape index (κ2) is 6.18. The van der Waals surface area contributed by atoms with E-state index in [1.54, 1.807) is 12.1 Å². The molecule has 128 valence electrons. The lowest BCUT2D eigenvalue weighted by Crippen LogP contribution is -2.22. The van der Waals surface area contributed by atoms with Crippen molar-refractivity contribution in [3.05, 3.63) is 64.6 Å². The average molecular weight is 358 g/mol. The van der Waals surface area contributed by atoms with Crippen molar-refractivity contribution in [2.24, 2.45) is 0 Å². The third kappa shape index (κ3) is 2.72. The predicted octanol–water partition coefficient (Wildman–Crippen LogP) is 2.44. The zero-order valence-electron chi connectivity index (χ0n) is 13.5. The lowest BCUT2D eigenvalue weighted by Gasteiger charge is -2.17. The van der Waals surface area contributed by atoms with Crippen molar-refractivity contribution in [1.82, 2.24) is 0 Å². The predicted molar refractivity (Wildman–Crippen MR) is 89.9 cm³/mol. The summed E-state index contributed by atoms with van der Waals surface area (Å²) >= 11 is 0. The van der Waals surface area contributed by atoms with Crippen LogP contribution in [0.1, 0.15) is 20.7 Å². The van der Waals surface area contributed by atoms with E-state index in [0.29, 0.717) is 0 Å². The molecule has 0 saturated heterocycles. The minimum Gasteiger partial charge on any atom is -0.497 e. The number of ether oxygens (including phenoxy) is 2. The van der Waals surface area contributed by atoms with Crippen LogP contribution in [0.2, 0.25) is 0 Å². The third-order valence-corrected chi connectivity index (χ3v) is 5.65. The molecule has 2 aromatic carbocycles. The first kappa shape index (κ1) is 16.9. The number of carbonyl (C=O) groups excluding carboxylic acids is 2. The maximum Gasteiger partial charge on any atom is 0.214 e. The van der Waals surface area contributed by atoms with Crippen molar-refractivity contribution in [3.63, 3.8) is 0 Å². The van der Waals surface area contributed by atoms with Gasteiger partial charge in [0.25, 0.3) is 0 Å². The highest BCUT2D eigenvalue weighted by atomic mass is 32.2. The van der Waals surface area contributed by atoms with Crippen molar-refractivity contribution in [3.8, 4) is 11.5 Å². The summed E-state index contributed by atoms with van der Waals surface area (Å²) in [6, 6.07) is 10.3. The lowest BCUT2D eigenvalue weighted by molar-refractivity contribution is 0.0990. The molecule has 0 radical (unpaired) electrons. The number of fused-ring (bicyclic) bond motifs is 1. The Morgan fingerprint density at radius 1 is 0.880 bits per heavy atom. The Kier molecular flexibility index (Phi) is 4.18. The maximum atomic E-state index is 13.0. The SMILES string of the molecule is COc1ccc(OC)c(S(=O)(=O)C2=CC(=O)c3ccccc3C2=O)c1. The van der Waals surface area contributed by atoms with Crippen LogP contribution in [0.25, 0.3) is 0 Å². The van der Waals surface area contributed by atoms with E-state index in [1.165, 1.54) is 44.6 Å². The summed E-state index contributed by atoms with van der Waals surface area (Å²) in [5, 5.41) is 0. The van der Waals surface area contributed by atoms with E-state index in [-0.39, 0.29) is 27.5 Å². The second-order valence-corrected chi connectivity index (χ2v) is 7.15. The Hall–Kier alpha value is -2.93. The number of ketones is 2. The molecule has 1 aliphatic rings. The van der Waals surface area contributed by atoms with Gasteiger partial charge in [-0.2, -0.15) is 0 Å². The van der Waals surface area contributed by atoms with Crippen molar-refractivity contribution in [2.45, 2.75) is 4.90 Å². The molecule has 0 bridgehead atoms. The highest BCUT2D eigenvalue weighted by Crippen LogP contribution is 2.35. The molecule has 0 fully saturated rings. The molecule has 3 rings (SSSR count). The molecule has 2 aromatic rings. The quantitative estimate of drug-likeness (QED) is 0.834. The van der Waals surface area contributed by atoms with Gasteiger partial charge in [-0.1, -0.05) is 24.3 Å². The van der Waals surface area contributed by atoms with Gasteiger partial charge in [-0.25, -0.2) is 8.42 Å². The molecule has 0 amide bonds. The van der Waals surface area contributed by atoms with E-state index in [1.807, 2.05) is 0 Å². The molecule has 0 N–H and O–H groups in total. The molecule has 7 heteroatoms. The minimum absolute atomic E-state index is 0.0563. The molecular weight excluding hydrogens is 344 g/mol. The van der Waals surface area contributed by atoms with Crippen molar-refractivity contribution in [1.29, 1.82) is 0 Å². The van der Waals surface area contributed by atoms with E-state index >= 15 is 0 Å². The summed E-state index contributed by atoms with van der Waals surface area (Å²) in [6.45, 7) is 0. The first-order chi connectivity index (χ1) is 11.9. The summed E-state index contributed by atoms with van der Waals surface area (Å²) in [4.78, 5) is 24.1. The maximum absolute atomic E-state index is 13.0. The van der Waals surface area contributed by atoms with E-state index in [9.17, 15) is 18.0 Å². The van der Waals surface area contributed by atoms with Crippen LogP contribution in [0.5, 0.6) is 11.5 Å². The van der Waals surface area contributed by atoms with Crippen LogP contribution in [0.3, 0.4) is 0 Å². The Bertz CT molecular complexity index is 1020. The molecule has 6 nitrogen and oxygen atoms in total. The van der Waals surface area contributed by atoms with Gasteiger partial charge in [0, 0.05) is 23.3 Å². The molecular formula is C18H14O6S. The molecule has 0 heterocycles. The van der Waals surface area contributed by atoms with Crippen LogP contribution in [-0.2, 0) is 9.84 Å². The van der Waals surface area contributed by atoms with Gasteiger partial charge in [0.15, 0.2) is 5.78 Å². The molecule has 0 atom stereocenters. The van der Waals surface area contributed by atoms with Crippen LogP contribution >= 0.6 is 0 Å². The van der Waals surface area contributed by atoms with Gasteiger partial charge in [-0.05, 0) is 12.1 Å². The number of sulfone groups is 1. The monoisotopic (exact) mass is 358 g/mol. The summed E-state index contributed by atoms with van der Waals surface area (Å²) in [7, 11) is -1.57. The molecule has 0 saturated carbocycles. The van der Waals surface area contributed by atoms with Gasteiger partial charge >= 0.3 is 0 Å². The number of Topliss-reactive ketones (excluding diaryl/α,β-unsaturated/α-hetero) is 1. The minimum atomic E-state index is -4.28.